The predicted octanol–water partition coefficient (Wildman–Crippen LogP) is 3.01. The fraction of sp³-hybridized carbons (Fsp3) is 0.467. The largest absolute Gasteiger partial charge is 0.494 e. The number of anilines is 1. The van der Waals surface area contributed by atoms with Crippen LogP contribution in [0.4, 0.5) is 10.1 Å². The lowest BCUT2D eigenvalue weighted by molar-refractivity contribution is -0.123. The molecule has 1 fully saturated rings. The molecule has 1 aromatic rings. The molecule has 6 heteroatoms. The van der Waals surface area contributed by atoms with Gasteiger partial charge < -0.3 is 15.8 Å². The summed E-state index contributed by atoms with van der Waals surface area (Å²) in [6.45, 7) is 0. The average molecular weight is 310 g/mol. The summed E-state index contributed by atoms with van der Waals surface area (Å²) in [5.41, 5.74) is 5.37. The molecule has 0 heterocycles. The summed E-state index contributed by atoms with van der Waals surface area (Å²) < 4.78 is 18.5. The summed E-state index contributed by atoms with van der Waals surface area (Å²) in [4.78, 5) is 12.8. The van der Waals surface area contributed by atoms with E-state index >= 15 is 0 Å². The highest BCUT2D eigenvalue weighted by atomic mass is 32.1. The first-order valence-corrected chi connectivity index (χ1v) is 7.35. The zero-order valence-corrected chi connectivity index (χ0v) is 12.8. The number of ether oxygens (including phenoxy) is 1. The van der Waals surface area contributed by atoms with E-state index in [1.807, 2.05) is 0 Å². The van der Waals surface area contributed by atoms with Gasteiger partial charge in [0.05, 0.1) is 17.5 Å². The number of methoxy groups -OCH3 is 1. The van der Waals surface area contributed by atoms with E-state index in [9.17, 15) is 9.18 Å². The van der Waals surface area contributed by atoms with Crippen LogP contribution >= 0.6 is 12.2 Å². The van der Waals surface area contributed by atoms with Crippen molar-refractivity contribution in [1.29, 1.82) is 0 Å². The van der Waals surface area contributed by atoms with E-state index in [1.54, 1.807) is 6.07 Å². The first kappa shape index (κ1) is 15.7. The highest BCUT2D eigenvalue weighted by molar-refractivity contribution is 7.80. The number of amides is 1. The van der Waals surface area contributed by atoms with Gasteiger partial charge in [0.2, 0.25) is 5.91 Å². The molecule has 21 heavy (non-hydrogen) atoms. The quantitative estimate of drug-likeness (QED) is 0.839. The van der Waals surface area contributed by atoms with E-state index in [2.05, 4.69) is 5.32 Å². The normalized spacial score (nSPS) is 17.0. The molecule has 0 radical (unpaired) electrons. The number of halogens is 1. The third kappa shape index (κ3) is 3.15. The van der Waals surface area contributed by atoms with Gasteiger partial charge in [-0.1, -0.05) is 31.5 Å². The third-order valence-corrected chi connectivity index (χ3v) is 4.41. The highest BCUT2D eigenvalue weighted by Crippen LogP contribution is 2.38. The molecule has 1 aliphatic rings. The summed E-state index contributed by atoms with van der Waals surface area (Å²) in [6.07, 6.45) is 4.21. The Morgan fingerprint density at radius 1 is 1.38 bits per heavy atom. The van der Waals surface area contributed by atoms with Crippen LogP contribution in [0, 0.1) is 11.2 Å². The summed E-state index contributed by atoms with van der Waals surface area (Å²) >= 11 is 5.11. The van der Waals surface area contributed by atoms with E-state index < -0.39 is 11.2 Å². The van der Waals surface area contributed by atoms with Gasteiger partial charge in [-0.3, -0.25) is 4.79 Å². The van der Waals surface area contributed by atoms with Crippen LogP contribution in [0.2, 0.25) is 0 Å². The lowest BCUT2D eigenvalue weighted by Crippen LogP contribution is -2.47. The monoisotopic (exact) mass is 310 g/mol. The van der Waals surface area contributed by atoms with Gasteiger partial charge in [0.25, 0.3) is 0 Å². The molecule has 0 unspecified atom stereocenters. The van der Waals surface area contributed by atoms with Crippen LogP contribution in [-0.4, -0.2) is 18.0 Å². The molecule has 1 aromatic carbocycles. The Balaban J connectivity index is 2.19. The Morgan fingerprint density at radius 3 is 2.57 bits per heavy atom. The Labute approximate surface area is 128 Å². The first-order chi connectivity index (χ1) is 9.99. The Bertz CT molecular complexity index is 557. The average Bonchev–Trinajstić information content (AvgIpc) is 2.48. The molecular weight excluding hydrogens is 291 g/mol. The second-order valence-corrected chi connectivity index (χ2v) is 5.75. The summed E-state index contributed by atoms with van der Waals surface area (Å²) in [7, 11) is 1.39. The minimum Gasteiger partial charge on any atom is -0.494 e. The summed E-state index contributed by atoms with van der Waals surface area (Å²) in [6, 6.07) is 4.29. The van der Waals surface area contributed by atoms with Crippen molar-refractivity contribution in [2.24, 2.45) is 11.1 Å². The predicted molar refractivity (Wildman–Crippen MR) is 83.9 cm³/mol. The smallest absolute Gasteiger partial charge is 0.237 e. The number of hydrogen-bond donors (Lipinski definition) is 2. The van der Waals surface area contributed by atoms with E-state index in [-0.39, 0.29) is 16.6 Å². The highest BCUT2D eigenvalue weighted by Gasteiger charge is 2.42. The molecule has 0 spiro atoms. The summed E-state index contributed by atoms with van der Waals surface area (Å²) in [5.74, 6) is -0.641. The van der Waals surface area contributed by atoms with Gasteiger partial charge in [-0.25, -0.2) is 4.39 Å². The number of rotatable bonds is 4. The van der Waals surface area contributed by atoms with Gasteiger partial charge in [0, 0.05) is 11.8 Å². The van der Waals surface area contributed by atoms with Crippen molar-refractivity contribution in [2.45, 2.75) is 32.1 Å². The Morgan fingerprint density at radius 2 is 2.05 bits per heavy atom. The maximum Gasteiger partial charge on any atom is 0.237 e. The number of carbonyl (C=O) groups is 1. The lowest BCUT2D eigenvalue weighted by Gasteiger charge is -2.34. The number of benzene rings is 1. The van der Waals surface area contributed by atoms with Gasteiger partial charge in [-0.2, -0.15) is 0 Å². The number of hydrogen-bond acceptors (Lipinski definition) is 3. The van der Waals surface area contributed by atoms with Crippen molar-refractivity contribution >= 4 is 28.8 Å². The molecule has 2 rings (SSSR count). The maximum absolute atomic E-state index is 13.7. The summed E-state index contributed by atoms with van der Waals surface area (Å²) in [5, 5.41) is 2.72. The molecule has 0 bridgehead atoms. The van der Waals surface area contributed by atoms with Crippen molar-refractivity contribution in [2.75, 3.05) is 12.4 Å². The van der Waals surface area contributed by atoms with E-state index in [0.717, 1.165) is 19.3 Å². The third-order valence-electron chi connectivity index (χ3n) is 4.02. The van der Waals surface area contributed by atoms with Gasteiger partial charge in [-0.05, 0) is 25.0 Å². The number of carbonyl (C=O) groups excluding carboxylic acids is 1. The molecule has 1 amide bonds. The lowest BCUT2D eigenvalue weighted by atomic mass is 9.73. The van der Waals surface area contributed by atoms with Crippen LogP contribution < -0.4 is 15.8 Å². The standard InChI is InChI=1S/C15H19FN2O2S/c1-20-12-6-5-10(9-11(12)16)18-14(19)15(13(17)21)7-3-2-4-8-15/h5-6,9H,2-4,7-8H2,1H3,(H2,17,21)(H,18,19). The van der Waals surface area contributed by atoms with Crippen molar-refractivity contribution in [3.05, 3.63) is 24.0 Å². The zero-order valence-electron chi connectivity index (χ0n) is 11.9. The number of nitrogens with two attached hydrogens (primary N) is 1. The van der Waals surface area contributed by atoms with Crippen molar-refractivity contribution in [3.63, 3.8) is 0 Å². The van der Waals surface area contributed by atoms with Crippen molar-refractivity contribution in [1.82, 2.24) is 0 Å². The van der Waals surface area contributed by atoms with Gasteiger partial charge in [-0.15, -0.1) is 0 Å². The van der Waals surface area contributed by atoms with Gasteiger partial charge >= 0.3 is 0 Å². The van der Waals surface area contributed by atoms with Gasteiger partial charge in [0.15, 0.2) is 11.6 Å². The Hall–Kier alpha value is -1.69. The fourth-order valence-electron chi connectivity index (χ4n) is 2.74. The number of thiocarbonyl (C=S) groups is 1. The van der Waals surface area contributed by atoms with E-state index in [0.29, 0.717) is 18.5 Å². The minimum absolute atomic E-state index is 0.134. The molecule has 0 saturated heterocycles. The van der Waals surface area contributed by atoms with Crippen LogP contribution in [0.1, 0.15) is 32.1 Å². The van der Waals surface area contributed by atoms with Crippen LogP contribution in [0.25, 0.3) is 0 Å². The second kappa shape index (κ2) is 6.39. The van der Waals surface area contributed by atoms with Crippen LogP contribution in [0.5, 0.6) is 5.75 Å². The van der Waals surface area contributed by atoms with Crippen LogP contribution in [0.3, 0.4) is 0 Å². The van der Waals surface area contributed by atoms with Crippen LogP contribution in [0.15, 0.2) is 18.2 Å². The topological polar surface area (TPSA) is 64.3 Å². The zero-order chi connectivity index (χ0) is 15.5. The Kier molecular flexibility index (Phi) is 4.77. The molecule has 4 nitrogen and oxygen atoms in total. The van der Waals surface area contributed by atoms with Crippen LogP contribution in [-0.2, 0) is 4.79 Å². The SMILES string of the molecule is COc1ccc(NC(=O)C2(C(N)=S)CCCCC2)cc1F. The molecule has 1 saturated carbocycles. The van der Waals surface area contributed by atoms with Crippen molar-refractivity contribution < 1.29 is 13.9 Å². The first-order valence-electron chi connectivity index (χ1n) is 6.94. The van der Waals surface area contributed by atoms with Gasteiger partial charge in [0.1, 0.15) is 0 Å². The van der Waals surface area contributed by atoms with E-state index in [1.165, 1.54) is 19.2 Å². The van der Waals surface area contributed by atoms with Crippen molar-refractivity contribution in [3.8, 4) is 5.75 Å². The molecular formula is C15H19FN2O2S. The molecule has 0 aromatic heterocycles. The molecule has 0 atom stereocenters. The maximum atomic E-state index is 13.7. The second-order valence-electron chi connectivity index (χ2n) is 5.31. The number of nitrogens with one attached hydrogen (secondary N) is 1. The van der Waals surface area contributed by atoms with E-state index in [4.69, 9.17) is 22.7 Å². The fourth-order valence-corrected chi connectivity index (χ4v) is 3.03. The minimum atomic E-state index is -0.815. The molecule has 0 aliphatic heterocycles. The molecule has 1 aliphatic carbocycles. The molecule has 114 valence electrons. The molecule has 3 N–H and O–H groups in total.